The van der Waals surface area contributed by atoms with Crippen molar-refractivity contribution >= 4 is 0 Å². The molecule has 3 unspecified atom stereocenters. The van der Waals surface area contributed by atoms with Gasteiger partial charge in [-0.1, -0.05) is 0 Å². The minimum Gasteiger partial charge on any atom is -0.393 e. The van der Waals surface area contributed by atoms with E-state index in [4.69, 9.17) is 0 Å². The summed E-state index contributed by atoms with van der Waals surface area (Å²) in [6, 6.07) is -0.538. The largest absolute Gasteiger partial charge is 0.393 e. The lowest BCUT2D eigenvalue weighted by molar-refractivity contribution is -0.205. The number of nitrogens with zero attached hydrogens (tertiary/aromatic N) is 1. The van der Waals surface area contributed by atoms with E-state index in [1.165, 1.54) is 0 Å². The average Bonchev–Trinajstić information content (AvgIpc) is 2.14. The Morgan fingerprint density at radius 1 is 1.25 bits per heavy atom. The summed E-state index contributed by atoms with van der Waals surface area (Å²) >= 11 is 0. The molecule has 0 amide bonds. The van der Waals surface area contributed by atoms with Crippen molar-refractivity contribution in [1.29, 1.82) is 0 Å². The fourth-order valence-corrected chi connectivity index (χ4v) is 2.34. The van der Waals surface area contributed by atoms with E-state index in [9.17, 15) is 18.3 Å². The molecule has 1 fully saturated rings. The van der Waals surface area contributed by atoms with E-state index in [1.54, 1.807) is 11.9 Å². The Balaban J connectivity index is 2.81. The molecule has 0 aliphatic heterocycles. The van der Waals surface area contributed by atoms with Crippen LogP contribution in [0.3, 0.4) is 0 Å². The molecule has 0 aromatic rings. The first-order valence-electron chi connectivity index (χ1n) is 5.70. The van der Waals surface area contributed by atoms with Gasteiger partial charge in [0.05, 0.1) is 12.0 Å². The van der Waals surface area contributed by atoms with Crippen LogP contribution < -0.4 is 0 Å². The van der Waals surface area contributed by atoms with E-state index in [2.05, 4.69) is 0 Å². The van der Waals surface area contributed by atoms with Crippen molar-refractivity contribution < 1.29 is 18.3 Å². The van der Waals surface area contributed by atoms with E-state index >= 15 is 0 Å². The average molecular weight is 239 g/mol. The molecular formula is C11H20F3NO. The molecule has 2 nitrogen and oxygen atoms in total. The number of halogens is 3. The van der Waals surface area contributed by atoms with Gasteiger partial charge in [-0.15, -0.1) is 0 Å². The normalized spacial score (nSPS) is 32.4. The highest BCUT2D eigenvalue weighted by molar-refractivity contribution is 4.90. The Labute approximate surface area is 94.4 Å². The summed E-state index contributed by atoms with van der Waals surface area (Å²) in [5.74, 6) is -1.30. The second-order valence-electron chi connectivity index (χ2n) is 4.94. The van der Waals surface area contributed by atoms with Crippen molar-refractivity contribution in [3.05, 3.63) is 0 Å². The summed E-state index contributed by atoms with van der Waals surface area (Å²) in [5, 5.41) is 9.50. The molecule has 16 heavy (non-hydrogen) atoms. The summed E-state index contributed by atoms with van der Waals surface area (Å²) in [6.45, 7) is 3.74. The van der Waals surface area contributed by atoms with Crippen LogP contribution in [-0.2, 0) is 0 Å². The number of alkyl halides is 3. The predicted molar refractivity (Wildman–Crippen MR) is 56.1 cm³/mol. The molecule has 3 atom stereocenters. The molecule has 0 bridgehead atoms. The van der Waals surface area contributed by atoms with Crippen LogP contribution in [0.4, 0.5) is 13.2 Å². The Kier molecular flexibility index (Phi) is 4.23. The van der Waals surface area contributed by atoms with Crippen LogP contribution in [-0.4, -0.2) is 41.4 Å². The van der Waals surface area contributed by atoms with Crippen LogP contribution >= 0.6 is 0 Å². The molecule has 0 aromatic heterocycles. The molecule has 0 aromatic carbocycles. The molecule has 1 N–H and O–H groups in total. The van der Waals surface area contributed by atoms with Gasteiger partial charge in [0.2, 0.25) is 0 Å². The van der Waals surface area contributed by atoms with Crippen LogP contribution in [0.25, 0.3) is 0 Å². The Bertz CT molecular complexity index is 230. The van der Waals surface area contributed by atoms with Gasteiger partial charge < -0.3 is 10.0 Å². The van der Waals surface area contributed by atoms with Gasteiger partial charge >= 0.3 is 6.18 Å². The Morgan fingerprint density at radius 3 is 2.25 bits per heavy atom. The van der Waals surface area contributed by atoms with Gasteiger partial charge in [-0.2, -0.15) is 13.2 Å². The van der Waals surface area contributed by atoms with Crippen molar-refractivity contribution in [3.8, 4) is 0 Å². The molecule has 1 rings (SSSR count). The van der Waals surface area contributed by atoms with Gasteiger partial charge in [0, 0.05) is 12.1 Å². The fraction of sp³-hybridized carbons (Fsp3) is 1.00. The molecule has 96 valence electrons. The van der Waals surface area contributed by atoms with E-state index in [1.807, 2.05) is 13.8 Å². The lowest BCUT2D eigenvalue weighted by Crippen LogP contribution is -2.51. The quantitative estimate of drug-likeness (QED) is 0.800. The first-order valence-corrected chi connectivity index (χ1v) is 5.70. The Morgan fingerprint density at radius 2 is 1.81 bits per heavy atom. The maximum Gasteiger partial charge on any atom is 0.393 e. The maximum atomic E-state index is 12.8. The zero-order valence-electron chi connectivity index (χ0n) is 9.96. The molecule has 1 aliphatic carbocycles. The predicted octanol–water partition coefficient (Wildman–Crippen LogP) is 2.42. The second kappa shape index (κ2) is 4.92. The van der Waals surface area contributed by atoms with Crippen LogP contribution in [0.2, 0.25) is 0 Å². The summed E-state index contributed by atoms with van der Waals surface area (Å²) < 4.78 is 38.5. The van der Waals surface area contributed by atoms with Crippen LogP contribution in [0.1, 0.15) is 33.1 Å². The first-order chi connectivity index (χ1) is 7.23. The second-order valence-corrected chi connectivity index (χ2v) is 4.94. The minimum atomic E-state index is -4.16. The fourth-order valence-electron chi connectivity index (χ4n) is 2.34. The van der Waals surface area contributed by atoms with Crippen LogP contribution in [0, 0.1) is 5.92 Å². The van der Waals surface area contributed by atoms with Crippen LogP contribution in [0.5, 0.6) is 0 Å². The molecular weight excluding hydrogens is 219 g/mol. The molecule has 0 spiro atoms. The van der Waals surface area contributed by atoms with Crippen LogP contribution in [0.15, 0.2) is 0 Å². The first kappa shape index (κ1) is 13.8. The molecule has 1 aliphatic rings. The van der Waals surface area contributed by atoms with Crippen molar-refractivity contribution in [2.24, 2.45) is 5.92 Å². The molecule has 1 saturated carbocycles. The van der Waals surface area contributed by atoms with Crippen molar-refractivity contribution in [3.63, 3.8) is 0 Å². The lowest BCUT2D eigenvalue weighted by atomic mass is 9.81. The summed E-state index contributed by atoms with van der Waals surface area (Å²) in [6.07, 6.45) is -4.24. The topological polar surface area (TPSA) is 23.5 Å². The van der Waals surface area contributed by atoms with E-state index in [0.29, 0.717) is 0 Å². The number of hydrogen-bond acceptors (Lipinski definition) is 2. The third kappa shape index (κ3) is 3.10. The molecule has 5 heteroatoms. The highest BCUT2D eigenvalue weighted by atomic mass is 19.4. The number of aliphatic hydroxyl groups excluding tert-OH is 1. The van der Waals surface area contributed by atoms with E-state index in [-0.39, 0.29) is 25.3 Å². The summed E-state index contributed by atoms with van der Waals surface area (Å²) in [5.41, 5.74) is 0. The van der Waals surface area contributed by atoms with E-state index in [0.717, 1.165) is 0 Å². The molecule has 0 heterocycles. The Hall–Kier alpha value is -0.290. The lowest BCUT2D eigenvalue weighted by Gasteiger charge is -2.42. The van der Waals surface area contributed by atoms with Crippen molar-refractivity contribution in [2.75, 3.05) is 7.05 Å². The number of hydrogen-bond donors (Lipinski definition) is 1. The zero-order valence-corrected chi connectivity index (χ0v) is 9.96. The van der Waals surface area contributed by atoms with Gasteiger partial charge in [0.15, 0.2) is 0 Å². The summed E-state index contributed by atoms with van der Waals surface area (Å²) in [4.78, 5) is 1.72. The van der Waals surface area contributed by atoms with Gasteiger partial charge in [-0.05, 0) is 40.2 Å². The van der Waals surface area contributed by atoms with E-state index < -0.39 is 24.2 Å². The van der Waals surface area contributed by atoms with Gasteiger partial charge in [0.25, 0.3) is 0 Å². The standard InChI is InChI=1S/C11H20F3NO/c1-7(2)15(3)10-6-8(16)4-5-9(10)11(12,13)14/h7-10,16H,4-6H2,1-3H3. The maximum absolute atomic E-state index is 12.8. The van der Waals surface area contributed by atoms with Gasteiger partial charge in [-0.3, -0.25) is 0 Å². The third-order valence-electron chi connectivity index (χ3n) is 3.55. The number of rotatable bonds is 2. The van der Waals surface area contributed by atoms with Gasteiger partial charge in [-0.25, -0.2) is 0 Å². The highest BCUT2D eigenvalue weighted by Gasteiger charge is 2.48. The number of aliphatic hydroxyl groups is 1. The van der Waals surface area contributed by atoms with Crippen molar-refractivity contribution in [2.45, 2.75) is 57.5 Å². The van der Waals surface area contributed by atoms with Gasteiger partial charge in [0.1, 0.15) is 0 Å². The van der Waals surface area contributed by atoms with Crippen molar-refractivity contribution in [1.82, 2.24) is 4.90 Å². The SMILES string of the molecule is CC(C)N(C)C1CC(O)CCC1C(F)(F)F. The summed E-state index contributed by atoms with van der Waals surface area (Å²) in [7, 11) is 1.70. The molecule has 0 saturated heterocycles. The monoisotopic (exact) mass is 239 g/mol. The zero-order chi connectivity index (χ0) is 12.5. The third-order valence-corrected chi connectivity index (χ3v) is 3.55. The minimum absolute atomic E-state index is 0.0341. The molecule has 0 radical (unpaired) electrons. The highest BCUT2D eigenvalue weighted by Crippen LogP contribution is 2.40. The smallest absolute Gasteiger partial charge is 0.393 e.